The van der Waals surface area contributed by atoms with Crippen LogP contribution < -0.4 is 0 Å². The molecule has 0 aliphatic rings. The summed E-state index contributed by atoms with van der Waals surface area (Å²) in [7, 11) is 0. The van der Waals surface area contributed by atoms with Gasteiger partial charge in [-0.3, -0.25) is 9.55 Å². The average Bonchev–Trinajstić information content (AvgIpc) is 3.68. The number of hydrogen-bond donors (Lipinski definition) is 0. The van der Waals surface area contributed by atoms with E-state index in [1.54, 1.807) is 0 Å². The monoisotopic (exact) mass is 621 g/mol. The SMILES string of the molecule is CC(C)c1cc(-c2ccccc2)cc(C(C)C)c1-n1c(-c2cccc3c2oc2cc4c(cnc5ccccc54)cc23)nc2ccccc21. The van der Waals surface area contributed by atoms with E-state index in [0.717, 1.165) is 66.0 Å². The van der Waals surface area contributed by atoms with E-state index in [4.69, 9.17) is 14.4 Å². The summed E-state index contributed by atoms with van der Waals surface area (Å²) in [5.74, 6) is 1.45. The van der Waals surface area contributed by atoms with Gasteiger partial charge in [0.1, 0.15) is 17.0 Å². The third-order valence-electron chi connectivity index (χ3n) is 9.75. The van der Waals surface area contributed by atoms with Crippen LogP contribution >= 0.6 is 0 Å². The summed E-state index contributed by atoms with van der Waals surface area (Å²) in [5.41, 5.74) is 12.0. The third kappa shape index (κ3) is 4.36. The van der Waals surface area contributed by atoms with E-state index in [1.807, 2.05) is 12.3 Å². The standard InChI is InChI=1S/C44H35N3O/c1-26(2)34-21-29(28-13-6-5-7-14-28)22-35(27(3)4)42(34)47-40-20-11-10-19-39(40)46-44(47)33-17-12-16-32-37-23-30-25-45-38-18-9-8-15-31(38)36(30)24-41(37)48-43(32)33/h5-27H,1-4H3. The van der Waals surface area contributed by atoms with Crippen LogP contribution in [0.1, 0.15) is 50.7 Å². The summed E-state index contributed by atoms with van der Waals surface area (Å²) in [6, 6.07) is 43.1. The molecule has 6 aromatic carbocycles. The highest BCUT2D eigenvalue weighted by Gasteiger charge is 2.25. The lowest BCUT2D eigenvalue weighted by atomic mass is 9.88. The number of imidazole rings is 1. The van der Waals surface area contributed by atoms with Crippen LogP contribution in [0.15, 0.2) is 132 Å². The molecule has 0 N–H and O–H groups in total. The van der Waals surface area contributed by atoms with E-state index in [-0.39, 0.29) is 11.8 Å². The second-order valence-electron chi connectivity index (χ2n) is 13.4. The Morgan fingerprint density at radius 2 is 1.27 bits per heavy atom. The summed E-state index contributed by atoms with van der Waals surface area (Å²) in [6.45, 7) is 9.17. The Morgan fingerprint density at radius 3 is 2.04 bits per heavy atom. The second kappa shape index (κ2) is 10.9. The summed E-state index contributed by atoms with van der Waals surface area (Å²) < 4.78 is 9.23. The van der Waals surface area contributed by atoms with Crippen LogP contribution in [-0.2, 0) is 0 Å². The number of para-hydroxylation sites is 4. The van der Waals surface area contributed by atoms with E-state index in [2.05, 4.69) is 148 Å². The fourth-order valence-corrected chi connectivity index (χ4v) is 7.38. The van der Waals surface area contributed by atoms with Gasteiger partial charge in [0.25, 0.3) is 0 Å². The Morgan fingerprint density at radius 1 is 0.583 bits per heavy atom. The Hall–Kier alpha value is -5.74. The molecule has 0 amide bonds. The van der Waals surface area contributed by atoms with Crippen LogP contribution in [-0.4, -0.2) is 14.5 Å². The van der Waals surface area contributed by atoms with Crippen LogP contribution in [0.5, 0.6) is 0 Å². The molecule has 4 heteroatoms. The first-order chi connectivity index (χ1) is 23.5. The number of hydrogen-bond acceptors (Lipinski definition) is 3. The van der Waals surface area contributed by atoms with Gasteiger partial charge in [-0.2, -0.15) is 0 Å². The molecule has 3 heterocycles. The van der Waals surface area contributed by atoms with Crippen molar-refractivity contribution in [2.45, 2.75) is 39.5 Å². The van der Waals surface area contributed by atoms with Gasteiger partial charge < -0.3 is 4.42 Å². The topological polar surface area (TPSA) is 43.9 Å². The smallest absolute Gasteiger partial charge is 0.149 e. The van der Waals surface area contributed by atoms with Gasteiger partial charge >= 0.3 is 0 Å². The van der Waals surface area contributed by atoms with Crippen molar-refractivity contribution in [3.8, 4) is 28.2 Å². The van der Waals surface area contributed by atoms with Crippen molar-refractivity contribution in [3.63, 3.8) is 0 Å². The van der Waals surface area contributed by atoms with Gasteiger partial charge in [0.15, 0.2) is 0 Å². The lowest BCUT2D eigenvalue weighted by Gasteiger charge is -2.24. The van der Waals surface area contributed by atoms with Crippen LogP contribution in [0, 0.1) is 0 Å². The first-order valence-electron chi connectivity index (χ1n) is 16.8. The number of furan rings is 1. The molecule has 0 aliphatic heterocycles. The molecule has 9 rings (SSSR count). The van der Waals surface area contributed by atoms with Crippen molar-refractivity contribution in [1.82, 2.24) is 14.5 Å². The minimum Gasteiger partial charge on any atom is -0.455 e. The molecule has 0 aliphatic carbocycles. The maximum Gasteiger partial charge on any atom is 0.149 e. The quantitative estimate of drug-likeness (QED) is 0.180. The fraction of sp³-hybridized carbons (Fsp3) is 0.136. The van der Waals surface area contributed by atoms with E-state index < -0.39 is 0 Å². The molecule has 0 bridgehead atoms. The van der Waals surface area contributed by atoms with Crippen LogP contribution in [0.2, 0.25) is 0 Å². The zero-order valence-electron chi connectivity index (χ0n) is 27.5. The highest BCUT2D eigenvalue weighted by Crippen LogP contribution is 2.43. The fourth-order valence-electron chi connectivity index (χ4n) is 7.38. The zero-order chi connectivity index (χ0) is 32.5. The van der Waals surface area contributed by atoms with Crippen molar-refractivity contribution < 1.29 is 4.42 Å². The summed E-state index contributed by atoms with van der Waals surface area (Å²) in [4.78, 5) is 10.1. The molecule has 0 saturated heterocycles. The van der Waals surface area contributed by atoms with Gasteiger partial charge in [0.05, 0.1) is 27.8 Å². The Balaban J connectivity index is 1.35. The number of nitrogens with zero attached hydrogens (tertiary/aromatic N) is 3. The lowest BCUT2D eigenvalue weighted by molar-refractivity contribution is 0.670. The minimum absolute atomic E-state index is 0.285. The van der Waals surface area contributed by atoms with Gasteiger partial charge in [0, 0.05) is 27.7 Å². The van der Waals surface area contributed by atoms with Crippen LogP contribution in [0.4, 0.5) is 0 Å². The molecule has 0 fully saturated rings. The molecule has 0 saturated carbocycles. The predicted molar refractivity (Wildman–Crippen MR) is 200 cm³/mol. The molecule has 0 spiro atoms. The molecular weight excluding hydrogens is 587 g/mol. The minimum atomic E-state index is 0.285. The van der Waals surface area contributed by atoms with Crippen molar-refractivity contribution in [1.29, 1.82) is 0 Å². The number of pyridine rings is 1. The van der Waals surface area contributed by atoms with E-state index in [1.165, 1.54) is 27.9 Å². The number of benzene rings is 6. The molecule has 3 aromatic heterocycles. The van der Waals surface area contributed by atoms with Gasteiger partial charge in [0.2, 0.25) is 0 Å². The van der Waals surface area contributed by atoms with Crippen molar-refractivity contribution in [3.05, 3.63) is 139 Å². The molecule has 0 unspecified atom stereocenters. The maximum atomic E-state index is 6.84. The van der Waals surface area contributed by atoms with Gasteiger partial charge in [-0.1, -0.05) is 100 Å². The van der Waals surface area contributed by atoms with Crippen molar-refractivity contribution in [2.75, 3.05) is 0 Å². The molecule has 232 valence electrons. The van der Waals surface area contributed by atoms with Crippen LogP contribution in [0.25, 0.3) is 82.8 Å². The third-order valence-corrected chi connectivity index (χ3v) is 9.75. The summed E-state index contributed by atoms with van der Waals surface area (Å²) in [5, 5.41) is 5.52. The first-order valence-corrected chi connectivity index (χ1v) is 16.8. The summed E-state index contributed by atoms with van der Waals surface area (Å²) >= 11 is 0. The first kappa shape index (κ1) is 28.5. The Kier molecular flexibility index (Phi) is 6.48. The maximum absolute atomic E-state index is 6.84. The normalized spacial score (nSPS) is 12.1. The highest BCUT2D eigenvalue weighted by atomic mass is 16.3. The Labute approximate surface area is 279 Å². The van der Waals surface area contributed by atoms with Crippen molar-refractivity contribution in [2.24, 2.45) is 0 Å². The van der Waals surface area contributed by atoms with Gasteiger partial charge in [-0.15, -0.1) is 0 Å². The molecular formula is C44H35N3O. The lowest BCUT2D eigenvalue weighted by Crippen LogP contribution is -2.09. The van der Waals surface area contributed by atoms with E-state index in [9.17, 15) is 0 Å². The van der Waals surface area contributed by atoms with Crippen molar-refractivity contribution >= 4 is 54.6 Å². The van der Waals surface area contributed by atoms with Crippen LogP contribution in [0.3, 0.4) is 0 Å². The number of fused-ring (bicyclic) bond motifs is 7. The average molecular weight is 622 g/mol. The van der Waals surface area contributed by atoms with E-state index in [0.29, 0.717) is 0 Å². The zero-order valence-corrected chi connectivity index (χ0v) is 27.5. The van der Waals surface area contributed by atoms with Gasteiger partial charge in [-0.05, 0) is 88.0 Å². The summed E-state index contributed by atoms with van der Waals surface area (Å²) in [6.07, 6.45) is 1.97. The Bertz CT molecular complexity index is 2650. The van der Waals surface area contributed by atoms with E-state index >= 15 is 0 Å². The molecule has 0 radical (unpaired) electrons. The second-order valence-corrected chi connectivity index (χ2v) is 13.4. The predicted octanol–water partition coefficient (Wildman–Crippen LogP) is 12.2. The molecule has 48 heavy (non-hydrogen) atoms. The molecule has 0 atom stereocenters. The number of aromatic nitrogens is 3. The largest absolute Gasteiger partial charge is 0.455 e. The number of rotatable bonds is 5. The molecule has 4 nitrogen and oxygen atoms in total. The molecule has 9 aromatic rings. The van der Waals surface area contributed by atoms with Gasteiger partial charge in [-0.25, -0.2) is 4.98 Å². The highest BCUT2D eigenvalue weighted by molar-refractivity contribution is 6.16.